The third-order valence-corrected chi connectivity index (χ3v) is 5.86. The van der Waals surface area contributed by atoms with Gasteiger partial charge in [-0.05, 0) is 36.3 Å². The molecular weight excluding hydrogens is 570 g/mol. The number of hydrogen-bond acceptors (Lipinski definition) is 9. The molecule has 1 saturated heterocycles. The third-order valence-electron chi connectivity index (χ3n) is 5.86. The van der Waals surface area contributed by atoms with Crippen molar-refractivity contribution >= 4 is 5.91 Å². The number of aliphatic hydroxyl groups excluding tert-OH is 1. The third kappa shape index (κ3) is 5.08. The summed E-state index contributed by atoms with van der Waals surface area (Å²) in [6.07, 6.45) is -0.875. The molecular formula is C19H35NO9W. The fourth-order valence-corrected chi connectivity index (χ4v) is 4.27. The zero-order valence-corrected chi connectivity index (χ0v) is 21.3. The normalized spacial score (nSPS) is 36.0. The fraction of sp³-hybridized carbons (Fsp3) is 0.947. The Morgan fingerprint density at radius 3 is 2.23 bits per heavy atom. The minimum Gasteiger partial charge on any atom is -0.388 e. The second kappa shape index (κ2) is 12.2. The van der Waals surface area contributed by atoms with Gasteiger partial charge in [-0.1, -0.05) is 27.7 Å². The quantitative estimate of drug-likeness (QED) is 0.113. The van der Waals surface area contributed by atoms with Crippen molar-refractivity contribution in [3.05, 3.63) is 0 Å². The molecule has 176 valence electrons. The van der Waals surface area contributed by atoms with E-state index in [0.29, 0.717) is 31.3 Å². The maximum atomic E-state index is 11.9. The Morgan fingerprint density at radius 1 is 1.07 bits per heavy atom. The Balaban J connectivity index is 0.00000450. The topological polar surface area (TPSA) is 116 Å². The van der Waals surface area contributed by atoms with Gasteiger partial charge >= 0.3 is 0 Å². The van der Waals surface area contributed by atoms with Crippen LogP contribution in [0.5, 0.6) is 0 Å². The van der Waals surface area contributed by atoms with E-state index >= 15 is 0 Å². The largest absolute Gasteiger partial charge is 0.388 e. The minimum absolute atomic E-state index is 0. The molecule has 0 aromatic rings. The van der Waals surface area contributed by atoms with Crippen LogP contribution in [0.15, 0.2) is 0 Å². The zero-order valence-electron chi connectivity index (χ0n) is 18.4. The number of rotatable bonds is 12. The summed E-state index contributed by atoms with van der Waals surface area (Å²) in [4.78, 5) is 22.0. The average molecular weight is 605 g/mol. The van der Waals surface area contributed by atoms with E-state index in [1.54, 1.807) is 6.92 Å². The second-order valence-electron chi connectivity index (χ2n) is 7.91. The van der Waals surface area contributed by atoms with Crippen LogP contribution in [0.4, 0.5) is 0 Å². The van der Waals surface area contributed by atoms with E-state index in [1.807, 2.05) is 27.7 Å². The van der Waals surface area contributed by atoms with Crippen LogP contribution < -0.4 is 0 Å². The van der Waals surface area contributed by atoms with E-state index in [0.717, 1.165) is 12.8 Å². The molecule has 1 spiro atoms. The van der Waals surface area contributed by atoms with Gasteiger partial charge in [0.15, 0.2) is 6.10 Å². The van der Waals surface area contributed by atoms with Crippen LogP contribution in [0, 0.1) is 5.92 Å². The van der Waals surface area contributed by atoms with Crippen LogP contribution in [0.2, 0.25) is 0 Å². The van der Waals surface area contributed by atoms with Gasteiger partial charge in [0, 0.05) is 40.2 Å². The molecule has 2 rings (SSSR count). The number of β-lactam (4-membered cyclic amide) rings is 1. The van der Waals surface area contributed by atoms with Crippen LogP contribution in [-0.4, -0.2) is 70.6 Å². The van der Waals surface area contributed by atoms with Gasteiger partial charge in [-0.25, -0.2) is 9.95 Å². The van der Waals surface area contributed by atoms with Gasteiger partial charge < -0.3 is 14.6 Å². The molecule has 2 fully saturated rings. The fourth-order valence-electron chi connectivity index (χ4n) is 4.27. The number of ether oxygens (including phenoxy) is 2. The molecule has 1 saturated carbocycles. The van der Waals surface area contributed by atoms with Crippen molar-refractivity contribution in [2.24, 2.45) is 5.92 Å². The van der Waals surface area contributed by atoms with Gasteiger partial charge in [-0.3, -0.25) is 10.0 Å². The van der Waals surface area contributed by atoms with Crippen molar-refractivity contribution in [1.29, 1.82) is 0 Å². The Hall–Kier alpha value is -0.162. The minimum atomic E-state index is -1.32. The summed E-state index contributed by atoms with van der Waals surface area (Å²) in [5.74, 6) is -0.920. The van der Waals surface area contributed by atoms with Gasteiger partial charge in [0.1, 0.15) is 17.2 Å². The van der Waals surface area contributed by atoms with Crippen LogP contribution in [-0.2, 0) is 55.2 Å². The maximum absolute atomic E-state index is 11.9. The van der Waals surface area contributed by atoms with Crippen LogP contribution in [0.3, 0.4) is 0 Å². The molecule has 10 nitrogen and oxygen atoms in total. The molecule has 1 amide bonds. The summed E-state index contributed by atoms with van der Waals surface area (Å²) in [6.45, 7) is 10.5. The molecule has 11 heteroatoms. The van der Waals surface area contributed by atoms with Crippen molar-refractivity contribution in [1.82, 2.24) is 5.06 Å². The first-order valence-electron chi connectivity index (χ1n) is 10.4. The first kappa shape index (κ1) is 27.9. The summed E-state index contributed by atoms with van der Waals surface area (Å²) in [5, 5.41) is 31.4. The van der Waals surface area contributed by atoms with Crippen molar-refractivity contribution in [3.63, 3.8) is 0 Å². The van der Waals surface area contributed by atoms with Crippen molar-refractivity contribution in [3.8, 4) is 0 Å². The summed E-state index contributed by atoms with van der Waals surface area (Å²) in [5.41, 5.74) is -2.41. The summed E-state index contributed by atoms with van der Waals surface area (Å²) in [6, 6.07) is 0. The summed E-state index contributed by atoms with van der Waals surface area (Å²) < 4.78 is 12.2. The average Bonchev–Trinajstić information content (AvgIpc) is 2.71. The predicted molar refractivity (Wildman–Crippen MR) is 99.1 cm³/mol. The van der Waals surface area contributed by atoms with Gasteiger partial charge in [0.05, 0.1) is 19.1 Å². The number of carbonyl (C=O) groups is 1. The van der Waals surface area contributed by atoms with Crippen LogP contribution in [0.25, 0.3) is 0 Å². The first-order chi connectivity index (χ1) is 13.8. The number of aliphatic hydroxyl groups is 1. The van der Waals surface area contributed by atoms with Gasteiger partial charge in [-0.2, -0.15) is 4.89 Å². The zero-order chi connectivity index (χ0) is 21.7. The molecule has 1 unspecified atom stereocenters. The Morgan fingerprint density at radius 2 is 1.70 bits per heavy atom. The van der Waals surface area contributed by atoms with E-state index in [9.17, 15) is 15.1 Å². The number of hydroxylamine groups is 2. The van der Waals surface area contributed by atoms with Crippen molar-refractivity contribution in [2.75, 3.05) is 19.8 Å². The molecule has 6 atom stereocenters. The molecule has 1 heterocycles. The van der Waals surface area contributed by atoms with Crippen LogP contribution in [0.1, 0.15) is 60.3 Å². The first-order valence-corrected chi connectivity index (χ1v) is 10.4. The van der Waals surface area contributed by atoms with E-state index in [1.165, 1.54) is 0 Å². The Bertz CT molecular complexity index is 542. The molecule has 1 aliphatic carbocycles. The number of hydrogen-bond donors (Lipinski definition) is 2. The van der Waals surface area contributed by atoms with E-state index in [4.69, 9.17) is 24.3 Å². The maximum Gasteiger partial charge on any atom is 0.249 e. The van der Waals surface area contributed by atoms with Gasteiger partial charge in [0.2, 0.25) is 5.91 Å². The number of amides is 1. The molecule has 2 aliphatic rings. The molecule has 0 aromatic carbocycles. The van der Waals surface area contributed by atoms with E-state index in [2.05, 4.69) is 5.04 Å². The molecule has 30 heavy (non-hydrogen) atoms. The predicted octanol–water partition coefficient (Wildman–Crippen LogP) is 1.93. The standard InChI is InChI=1S/C19H35NO9.W/c1-6-9-24-16-13(4)19(12-14(21)20(19)23)15(22)17(18(16,5)25-10-7-2)27-29-28-26-11-8-3;/h13,15-17,22-23H,6-12H2,1-5H3;/t13-,15-,16+,17+,18+,19?;/m1./s1. The molecule has 2 N–H and O–H groups in total. The molecule has 0 radical (unpaired) electrons. The van der Waals surface area contributed by atoms with E-state index < -0.39 is 41.3 Å². The smallest absolute Gasteiger partial charge is 0.249 e. The Labute approximate surface area is 192 Å². The van der Waals surface area contributed by atoms with Gasteiger partial charge in [0.25, 0.3) is 0 Å². The number of nitrogens with zero attached hydrogens (tertiary/aromatic N) is 1. The SMILES string of the molecule is CCCOOOO[C@H]1[C@@H](O)C2(CC(=O)N2O)[C@H](C)[C@H](OCCC)[C@]1(C)OCCC.[W]. The van der Waals surface area contributed by atoms with Gasteiger partial charge in [-0.15, -0.1) is 0 Å². The molecule has 0 bridgehead atoms. The summed E-state index contributed by atoms with van der Waals surface area (Å²) >= 11 is 0. The molecule has 1 aliphatic heterocycles. The monoisotopic (exact) mass is 605 g/mol. The van der Waals surface area contributed by atoms with Crippen molar-refractivity contribution in [2.45, 2.75) is 89.8 Å². The summed E-state index contributed by atoms with van der Waals surface area (Å²) in [7, 11) is 0. The van der Waals surface area contributed by atoms with Crippen molar-refractivity contribution < 1.29 is 65.5 Å². The molecule has 0 aromatic heterocycles. The van der Waals surface area contributed by atoms with E-state index in [-0.39, 0.29) is 27.5 Å². The Kier molecular flexibility index (Phi) is 11.3. The number of carbonyl (C=O) groups excluding carboxylic acids is 1. The second-order valence-corrected chi connectivity index (χ2v) is 7.91. The van der Waals surface area contributed by atoms with Crippen LogP contribution >= 0.6 is 0 Å².